The highest BCUT2D eigenvalue weighted by molar-refractivity contribution is 7.91. The van der Waals surface area contributed by atoms with Gasteiger partial charge < -0.3 is 4.42 Å². The molecule has 0 aliphatic carbocycles. The molecule has 0 amide bonds. The first kappa shape index (κ1) is 13.3. The lowest BCUT2D eigenvalue weighted by Crippen LogP contribution is -2.22. The third-order valence-electron chi connectivity index (χ3n) is 2.40. The highest BCUT2D eigenvalue weighted by Gasteiger charge is 2.17. The first-order chi connectivity index (χ1) is 8.38. The summed E-state index contributed by atoms with van der Waals surface area (Å²) in [5, 5.41) is 0. The van der Waals surface area contributed by atoms with E-state index in [9.17, 15) is 8.42 Å². The number of rotatable bonds is 4. The van der Waals surface area contributed by atoms with Gasteiger partial charge in [0.15, 0.2) is 5.89 Å². The fourth-order valence-corrected chi connectivity index (χ4v) is 3.84. The zero-order valence-electron chi connectivity index (χ0n) is 10.4. The van der Waals surface area contributed by atoms with E-state index in [4.69, 9.17) is 4.42 Å². The lowest BCUT2D eigenvalue weighted by Gasteiger charge is -2.02. The van der Waals surface area contributed by atoms with E-state index in [2.05, 4.69) is 9.71 Å². The Hall–Kier alpha value is -1.18. The van der Waals surface area contributed by atoms with Crippen LogP contribution in [0.1, 0.15) is 22.2 Å². The van der Waals surface area contributed by atoms with E-state index in [1.807, 2.05) is 6.92 Å². The van der Waals surface area contributed by atoms with Crippen LogP contribution in [-0.2, 0) is 16.6 Å². The predicted molar refractivity (Wildman–Crippen MR) is 69.1 cm³/mol. The van der Waals surface area contributed by atoms with Gasteiger partial charge in [0, 0.05) is 11.8 Å². The second-order valence-corrected chi connectivity index (χ2v) is 7.21. The van der Waals surface area contributed by atoms with Crippen molar-refractivity contribution in [3.63, 3.8) is 0 Å². The molecule has 18 heavy (non-hydrogen) atoms. The molecule has 0 atom stereocenters. The van der Waals surface area contributed by atoms with E-state index in [0.717, 1.165) is 4.88 Å². The van der Waals surface area contributed by atoms with Gasteiger partial charge >= 0.3 is 0 Å². The zero-order chi connectivity index (χ0) is 13.3. The van der Waals surface area contributed by atoms with Gasteiger partial charge in [0.1, 0.15) is 9.97 Å². The van der Waals surface area contributed by atoms with Crippen LogP contribution in [0.4, 0.5) is 0 Å². The lowest BCUT2D eigenvalue weighted by atomic mass is 10.4. The molecule has 5 nitrogen and oxygen atoms in total. The second kappa shape index (κ2) is 4.83. The van der Waals surface area contributed by atoms with Gasteiger partial charge in [-0.05, 0) is 26.0 Å². The molecule has 0 fully saturated rings. The fourth-order valence-electron chi connectivity index (χ4n) is 1.53. The summed E-state index contributed by atoms with van der Waals surface area (Å²) in [7, 11) is -3.46. The molecule has 2 rings (SSSR count). The van der Waals surface area contributed by atoms with Crippen molar-refractivity contribution in [1.82, 2.24) is 9.71 Å². The van der Waals surface area contributed by atoms with Gasteiger partial charge in [-0.3, -0.25) is 0 Å². The van der Waals surface area contributed by atoms with Gasteiger partial charge in [0.05, 0.1) is 12.2 Å². The molecule has 0 aliphatic rings. The highest BCUT2D eigenvalue weighted by atomic mass is 32.2. The van der Waals surface area contributed by atoms with Crippen LogP contribution in [0.15, 0.2) is 20.8 Å². The topological polar surface area (TPSA) is 72.2 Å². The summed E-state index contributed by atoms with van der Waals surface area (Å²) < 4.78 is 32.1. The van der Waals surface area contributed by atoms with Crippen LogP contribution in [0.3, 0.4) is 0 Å². The third-order valence-corrected chi connectivity index (χ3v) is 5.30. The molecule has 0 spiro atoms. The number of aryl methyl sites for hydroxylation is 3. The first-order valence-electron chi connectivity index (χ1n) is 5.37. The minimum Gasteiger partial charge on any atom is -0.444 e. The minimum absolute atomic E-state index is 0.117. The summed E-state index contributed by atoms with van der Waals surface area (Å²) in [4.78, 5) is 5.05. The molecular formula is C11H14N2O3S2. The number of thiophene rings is 1. The molecule has 0 saturated carbocycles. The minimum atomic E-state index is -3.46. The number of hydrogen-bond acceptors (Lipinski definition) is 5. The van der Waals surface area contributed by atoms with E-state index < -0.39 is 10.0 Å². The Labute approximate surface area is 110 Å². The molecule has 2 aromatic heterocycles. The van der Waals surface area contributed by atoms with Gasteiger partial charge in [-0.1, -0.05) is 0 Å². The summed E-state index contributed by atoms with van der Waals surface area (Å²) in [6.45, 7) is 5.50. The smallest absolute Gasteiger partial charge is 0.250 e. The van der Waals surface area contributed by atoms with Crippen molar-refractivity contribution in [3.05, 3.63) is 34.4 Å². The van der Waals surface area contributed by atoms with Crippen LogP contribution in [-0.4, -0.2) is 13.4 Å². The van der Waals surface area contributed by atoms with Crippen LogP contribution < -0.4 is 4.72 Å². The summed E-state index contributed by atoms with van der Waals surface area (Å²) in [6, 6.07) is 3.38. The second-order valence-electron chi connectivity index (χ2n) is 3.93. The normalized spacial score (nSPS) is 11.9. The maximum atomic E-state index is 12.0. The molecule has 7 heteroatoms. The first-order valence-corrected chi connectivity index (χ1v) is 7.67. The molecule has 2 aromatic rings. The van der Waals surface area contributed by atoms with Gasteiger partial charge in [0.25, 0.3) is 0 Å². The molecule has 0 bridgehead atoms. The third kappa shape index (κ3) is 2.80. The average molecular weight is 286 g/mol. The number of oxazole rings is 1. The molecule has 0 radical (unpaired) electrons. The average Bonchev–Trinajstić information content (AvgIpc) is 2.83. The van der Waals surface area contributed by atoms with Crippen molar-refractivity contribution in [1.29, 1.82) is 0 Å². The van der Waals surface area contributed by atoms with Crippen molar-refractivity contribution in [2.75, 3.05) is 0 Å². The lowest BCUT2D eigenvalue weighted by molar-refractivity contribution is 0.467. The van der Waals surface area contributed by atoms with E-state index in [1.54, 1.807) is 26.0 Å². The summed E-state index contributed by atoms with van der Waals surface area (Å²) in [5.74, 6) is 1.08. The van der Waals surface area contributed by atoms with Gasteiger partial charge in [-0.25, -0.2) is 18.1 Å². The van der Waals surface area contributed by atoms with Crippen molar-refractivity contribution in [2.24, 2.45) is 0 Å². The van der Waals surface area contributed by atoms with Crippen LogP contribution >= 0.6 is 11.3 Å². The summed E-state index contributed by atoms with van der Waals surface area (Å²) >= 11 is 1.24. The Balaban J connectivity index is 2.13. The van der Waals surface area contributed by atoms with Gasteiger partial charge in [0.2, 0.25) is 10.0 Å². The van der Waals surface area contributed by atoms with Crippen LogP contribution in [0.25, 0.3) is 0 Å². The van der Waals surface area contributed by atoms with E-state index in [0.29, 0.717) is 21.6 Å². The predicted octanol–water partition coefficient (Wildman–Crippen LogP) is 2.14. The Kier molecular flexibility index (Phi) is 3.56. The number of nitrogens with zero attached hydrogens (tertiary/aromatic N) is 1. The number of aromatic nitrogens is 1. The number of hydrogen-bond donors (Lipinski definition) is 1. The molecule has 0 saturated heterocycles. The van der Waals surface area contributed by atoms with Crippen LogP contribution in [0.2, 0.25) is 0 Å². The van der Waals surface area contributed by atoms with Crippen molar-refractivity contribution >= 4 is 21.4 Å². The SMILES string of the molecule is Cc1nc(C)c(CNS(=O)(=O)c2ccc(C)s2)o1. The Bertz CT molecular complexity index is 656. The van der Waals surface area contributed by atoms with Crippen LogP contribution in [0.5, 0.6) is 0 Å². The molecule has 1 N–H and O–H groups in total. The quantitative estimate of drug-likeness (QED) is 0.934. The largest absolute Gasteiger partial charge is 0.444 e. The summed E-state index contributed by atoms with van der Waals surface area (Å²) in [6.07, 6.45) is 0. The van der Waals surface area contributed by atoms with E-state index in [-0.39, 0.29) is 6.54 Å². The standard InChI is InChI=1S/C11H14N2O3S2/c1-7-4-5-11(17-7)18(14,15)12-6-10-8(2)13-9(3)16-10/h4-5,12H,6H2,1-3H3. The van der Waals surface area contributed by atoms with Crippen molar-refractivity contribution < 1.29 is 12.8 Å². The number of sulfonamides is 1. The fraction of sp³-hybridized carbons (Fsp3) is 0.364. The Morgan fingerprint density at radius 2 is 2.06 bits per heavy atom. The molecule has 0 unspecified atom stereocenters. The maximum Gasteiger partial charge on any atom is 0.250 e. The van der Waals surface area contributed by atoms with Crippen molar-refractivity contribution in [2.45, 2.75) is 31.5 Å². The molecule has 2 heterocycles. The zero-order valence-corrected chi connectivity index (χ0v) is 12.0. The number of nitrogens with one attached hydrogen (secondary N) is 1. The Morgan fingerprint density at radius 1 is 1.33 bits per heavy atom. The van der Waals surface area contributed by atoms with Gasteiger partial charge in [-0.2, -0.15) is 0 Å². The molecule has 0 aromatic carbocycles. The van der Waals surface area contributed by atoms with Crippen LogP contribution in [0, 0.1) is 20.8 Å². The molecular weight excluding hydrogens is 272 g/mol. The summed E-state index contributed by atoms with van der Waals surface area (Å²) in [5.41, 5.74) is 0.706. The van der Waals surface area contributed by atoms with Crippen molar-refractivity contribution in [3.8, 4) is 0 Å². The molecule has 98 valence electrons. The monoisotopic (exact) mass is 286 g/mol. The Morgan fingerprint density at radius 3 is 2.56 bits per heavy atom. The maximum absolute atomic E-state index is 12.0. The molecule has 0 aliphatic heterocycles. The highest BCUT2D eigenvalue weighted by Crippen LogP contribution is 2.20. The van der Waals surface area contributed by atoms with Gasteiger partial charge in [-0.15, -0.1) is 11.3 Å². The van der Waals surface area contributed by atoms with E-state index >= 15 is 0 Å². The van der Waals surface area contributed by atoms with E-state index in [1.165, 1.54) is 11.3 Å².